The van der Waals surface area contributed by atoms with Gasteiger partial charge in [-0.25, -0.2) is 9.59 Å². The topological polar surface area (TPSA) is 80.7 Å². The summed E-state index contributed by atoms with van der Waals surface area (Å²) in [5.74, 6) is -7.06. The Morgan fingerprint density at radius 2 is 1.17 bits per heavy atom. The van der Waals surface area contributed by atoms with Gasteiger partial charge in [-0.05, 0) is 6.42 Å². The van der Waals surface area contributed by atoms with Crippen molar-refractivity contribution in [1.29, 1.82) is 0 Å². The molecule has 24 heavy (non-hydrogen) atoms. The van der Waals surface area contributed by atoms with Crippen molar-refractivity contribution in [2.45, 2.75) is 64.2 Å². The second-order valence-electron chi connectivity index (χ2n) is 4.58. The predicted octanol–water partition coefficient (Wildman–Crippen LogP) is 4.00. The number of aliphatic carboxylic acids is 1. The molecule has 0 aliphatic rings. The van der Waals surface area contributed by atoms with Crippen LogP contribution in [0.25, 0.3) is 0 Å². The van der Waals surface area contributed by atoms with Crippen molar-refractivity contribution in [2.75, 3.05) is 0 Å². The van der Waals surface area contributed by atoms with Gasteiger partial charge in [-0.2, -0.15) is 26.3 Å². The monoisotopic (exact) mass is 368 g/mol. The van der Waals surface area contributed by atoms with Crippen molar-refractivity contribution in [3.63, 3.8) is 0 Å². The summed E-state index contributed by atoms with van der Waals surface area (Å²) in [6.07, 6.45) is -4.00. The smallest absolute Gasteiger partial charge is 0.481 e. The lowest BCUT2D eigenvalue weighted by Crippen LogP contribution is -2.34. The van der Waals surface area contributed by atoms with Gasteiger partial charge in [0.15, 0.2) is 0 Å². The van der Waals surface area contributed by atoms with Crippen molar-refractivity contribution in [2.24, 2.45) is 0 Å². The van der Waals surface area contributed by atoms with E-state index in [1.165, 1.54) is 25.7 Å². The number of alkyl halides is 6. The first-order chi connectivity index (χ1) is 10.8. The summed E-state index contributed by atoms with van der Waals surface area (Å²) in [6, 6.07) is 0. The van der Waals surface area contributed by atoms with Crippen molar-refractivity contribution in [3.05, 3.63) is 0 Å². The molecular weight excluding hydrogens is 350 g/mol. The zero-order valence-corrected chi connectivity index (χ0v) is 12.8. The van der Waals surface area contributed by atoms with E-state index in [1.807, 2.05) is 0 Å². The summed E-state index contributed by atoms with van der Waals surface area (Å²) in [7, 11) is 0. The van der Waals surface area contributed by atoms with E-state index in [0.29, 0.717) is 6.42 Å². The van der Waals surface area contributed by atoms with Gasteiger partial charge < -0.3 is 9.84 Å². The van der Waals surface area contributed by atoms with Crippen LogP contribution in [0.2, 0.25) is 0 Å². The molecule has 0 saturated carbocycles. The van der Waals surface area contributed by atoms with Gasteiger partial charge in [0.1, 0.15) is 0 Å². The van der Waals surface area contributed by atoms with Crippen LogP contribution in [0.4, 0.5) is 26.3 Å². The second kappa shape index (κ2) is 11.7. The third kappa shape index (κ3) is 15.1. The van der Waals surface area contributed by atoms with Crippen molar-refractivity contribution < 1.29 is 50.6 Å². The fourth-order valence-electron chi connectivity index (χ4n) is 1.26. The lowest BCUT2D eigenvalue weighted by atomic mass is 10.1. The van der Waals surface area contributed by atoms with Gasteiger partial charge >= 0.3 is 30.3 Å². The molecule has 0 radical (unpaired) electrons. The number of hydrogen-bond acceptors (Lipinski definition) is 4. The third-order valence-electron chi connectivity index (χ3n) is 2.39. The Hall–Kier alpha value is -1.81. The molecule has 0 atom stereocenters. The molecule has 142 valence electrons. The van der Waals surface area contributed by atoms with Crippen LogP contribution in [-0.2, 0) is 19.1 Å². The van der Waals surface area contributed by atoms with Crippen LogP contribution in [-0.4, -0.2) is 35.4 Å². The zero-order valence-electron chi connectivity index (χ0n) is 12.8. The van der Waals surface area contributed by atoms with Gasteiger partial charge in [-0.3, -0.25) is 4.79 Å². The molecule has 0 aromatic heterocycles. The average molecular weight is 368 g/mol. The van der Waals surface area contributed by atoms with Gasteiger partial charge in [-0.15, -0.1) is 0 Å². The molecular formula is C13H18F6O5. The first-order valence-electron chi connectivity index (χ1n) is 6.94. The van der Waals surface area contributed by atoms with E-state index in [1.54, 1.807) is 0 Å². The highest BCUT2D eigenvalue weighted by Gasteiger charge is 2.49. The van der Waals surface area contributed by atoms with E-state index in [9.17, 15) is 40.7 Å². The Labute approximate surface area is 134 Å². The minimum Gasteiger partial charge on any atom is -0.481 e. The number of unbranched alkanes of at least 4 members (excludes halogenated alkanes) is 5. The van der Waals surface area contributed by atoms with Crippen LogP contribution in [0.1, 0.15) is 51.9 Å². The second-order valence-corrected chi connectivity index (χ2v) is 4.58. The number of carboxylic acid groups (broad SMARTS) is 1. The van der Waals surface area contributed by atoms with Crippen molar-refractivity contribution >= 4 is 17.9 Å². The summed E-state index contributed by atoms with van der Waals surface area (Å²) in [5, 5.41) is 8.32. The normalized spacial score (nSPS) is 11.3. The molecule has 0 fully saturated rings. The molecule has 0 spiro atoms. The molecule has 0 amide bonds. The van der Waals surface area contributed by atoms with E-state index < -0.39 is 30.3 Å². The number of hydrogen-bond donors (Lipinski definition) is 1. The maximum absolute atomic E-state index is 11.2. The van der Waals surface area contributed by atoms with E-state index in [2.05, 4.69) is 11.7 Å². The minimum absolute atomic E-state index is 0.339. The number of carboxylic acids is 1. The Morgan fingerprint density at radius 3 is 1.50 bits per heavy atom. The number of carbonyl (C=O) groups is 3. The van der Waals surface area contributed by atoms with Crippen LogP contribution in [0.5, 0.6) is 0 Å². The Balaban J connectivity index is 0. The summed E-state index contributed by atoms with van der Waals surface area (Å²) >= 11 is 0. The van der Waals surface area contributed by atoms with E-state index >= 15 is 0 Å². The highest BCUT2D eigenvalue weighted by atomic mass is 19.4. The van der Waals surface area contributed by atoms with E-state index in [-0.39, 0.29) is 0 Å². The number of carbonyl (C=O) groups excluding carboxylic acids is 2. The molecule has 0 aliphatic heterocycles. The first-order valence-corrected chi connectivity index (χ1v) is 6.94. The summed E-state index contributed by atoms with van der Waals surface area (Å²) in [5.41, 5.74) is 0. The number of halogens is 6. The number of ether oxygens (including phenoxy) is 1. The molecule has 0 heterocycles. The minimum atomic E-state index is -5.62. The fourth-order valence-corrected chi connectivity index (χ4v) is 1.26. The maximum Gasteiger partial charge on any atom is 0.491 e. The zero-order chi connectivity index (χ0) is 19.4. The molecule has 0 aromatic carbocycles. The lowest BCUT2D eigenvalue weighted by molar-refractivity contribution is -0.221. The third-order valence-corrected chi connectivity index (χ3v) is 2.39. The van der Waals surface area contributed by atoms with Crippen LogP contribution in [0, 0.1) is 0 Å². The molecule has 5 nitrogen and oxygen atoms in total. The van der Waals surface area contributed by atoms with E-state index in [0.717, 1.165) is 12.8 Å². The summed E-state index contributed by atoms with van der Waals surface area (Å²) in [4.78, 5) is 29.4. The van der Waals surface area contributed by atoms with Gasteiger partial charge in [0.05, 0.1) is 0 Å². The summed E-state index contributed by atoms with van der Waals surface area (Å²) < 4.78 is 69.7. The van der Waals surface area contributed by atoms with Gasteiger partial charge in [0.25, 0.3) is 0 Å². The highest BCUT2D eigenvalue weighted by molar-refractivity contribution is 5.90. The predicted molar refractivity (Wildman–Crippen MR) is 68.8 cm³/mol. The molecule has 0 aliphatic carbocycles. The highest BCUT2D eigenvalue weighted by Crippen LogP contribution is 2.21. The standard InChI is InChI=1S/C9H18O2.C4F6O3/c1-2-3-4-5-6-7-8-9(10)11;5-3(6,7)1(11)13-2(12)4(8,9)10/h2-8H2,1H3,(H,10,11);. The molecule has 0 rings (SSSR count). The molecule has 0 unspecified atom stereocenters. The fraction of sp³-hybridized carbons (Fsp3) is 0.769. The van der Waals surface area contributed by atoms with E-state index in [4.69, 9.17) is 5.11 Å². The number of rotatable bonds is 7. The first kappa shape index (κ1) is 24.4. The summed E-state index contributed by atoms with van der Waals surface area (Å²) in [6.45, 7) is 2.18. The van der Waals surface area contributed by atoms with Gasteiger partial charge in [0, 0.05) is 6.42 Å². The lowest BCUT2D eigenvalue weighted by Gasteiger charge is -2.06. The molecule has 0 aromatic rings. The SMILES string of the molecule is CCCCCCCCC(=O)O.O=C(OC(=O)C(F)(F)F)C(F)(F)F. The Kier molecular flexibility index (Phi) is 11.9. The van der Waals surface area contributed by atoms with Crippen LogP contribution >= 0.6 is 0 Å². The average Bonchev–Trinajstić information content (AvgIpc) is 2.41. The van der Waals surface area contributed by atoms with Crippen molar-refractivity contribution in [1.82, 2.24) is 0 Å². The maximum atomic E-state index is 11.2. The number of esters is 2. The molecule has 1 N–H and O–H groups in total. The molecule has 0 bridgehead atoms. The molecule has 11 heteroatoms. The Morgan fingerprint density at radius 1 is 0.792 bits per heavy atom. The largest absolute Gasteiger partial charge is 0.491 e. The Bertz CT molecular complexity index is 379. The van der Waals surface area contributed by atoms with Crippen molar-refractivity contribution in [3.8, 4) is 0 Å². The quantitative estimate of drug-likeness (QED) is 0.318. The van der Waals surface area contributed by atoms with Crippen LogP contribution in [0.3, 0.4) is 0 Å². The molecule has 0 saturated heterocycles. The van der Waals surface area contributed by atoms with Gasteiger partial charge in [0.2, 0.25) is 0 Å². The van der Waals surface area contributed by atoms with Crippen LogP contribution in [0.15, 0.2) is 0 Å². The van der Waals surface area contributed by atoms with Gasteiger partial charge in [-0.1, -0.05) is 39.0 Å². The van der Waals surface area contributed by atoms with Crippen LogP contribution < -0.4 is 0 Å².